The van der Waals surface area contributed by atoms with Crippen LogP contribution in [0.25, 0.3) is 0 Å². The number of benzene rings is 3. The van der Waals surface area contributed by atoms with Gasteiger partial charge in [-0.15, -0.1) is 0 Å². The number of guanidine groups is 1. The third-order valence-corrected chi connectivity index (χ3v) is 5.25. The highest BCUT2D eigenvalue weighted by molar-refractivity contribution is 6.09. The minimum absolute atomic E-state index is 0.151. The van der Waals surface area contributed by atoms with E-state index in [1.54, 1.807) is 25.2 Å². The lowest BCUT2D eigenvalue weighted by atomic mass is 9.83. The van der Waals surface area contributed by atoms with Gasteiger partial charge in [0.1, 0.15) is 0 Å². The van der Waals surface area contributed by atoms with E-state index in [1.807, 2.05) is 66.7 Å². The van der Waals surface area contributed by atoms with Crippen molar-refractivity contribution in [1.29, 1.82) is 0 Å². The molecule has 4 rings (SSSR count). The van der Waals surface area contributed by atoms with Gasteiger partial charge in [0.2, 0.25) is 0 Å². The van der Waals surface area contributed by atoms with Gasteiger partial charge in [0.25, 0.3) is 11.8 Å². The summed E-state index contributed by atoms with van der Waals surface area (Å²) >= 11 is 0. The van der Waals surface area contributed by atoms with Crippen molar-refractivity contribution in [3.05, 3.63) is 107 Å². The van der Waals surface area contributed by atoms with Crippen LogP contribution in [0.15, 0.2) is 89.9 Å². The van der Waals surface area contributed by atoms with Crippen molar-refractivity contribution in [2.45, 2.75) is 12.1 Å². The van der Waals surface area contributed by atoms with E-state index in [0.717, 1.165) is 16.7 Å². The Morgan fingerprint density at radius 2 is 1.57 bits per heavy atom. The molecule has 0 bridgehead atoms. The van der Waals surface area contributed by atoms with E-state index < -0.39 is 5.54 Å². The summed E-state index contributed by atoms with van der Waals surface area (Å²) in [6.07, 6.45) is 0. The summed E-state index contributed by atoms with van der Waals surface area (Å²) in [6.45, 7) is 0.223. The summed E-state index contributed by atoms with van der Waals surface area (Å²) in [5.41, 5.74) is 7.86. The molecular formula is C24H22N4O2. The van der Waals surface area contributed by atoms with Crippen LogP contribution in [0.1, 0.15) is 27.0 Å². The summed E-state index contributed by atoms with van der Waals surface area (Å²) in [7, 11) is 1.58. The zero-order valence-electron chi connectivity index (χ0n) is 16.6. The minimum atomic E-state index is -1.23. The lowest BCUT2D eigenvalue weighted by Crippen LogP contribution is -2.43. The Labute approximate surface area is 175 Å². The molecule has 0 aromatic heterocycles. The second kappa shape index (κ2) is 7.83. The maximum atomic E-state index is 13.8. The van der Waals surface area contributed by atoms with Crippen molar-refractivity contribution in [3.63, 3.8) is 0 Å². The molecule has 1 aliphatic rings. The molecule has 0 radical (unpaired) electrons. The summed E-state index contributed by atoms with van der Waals surface area (Å²) in [6, 6.07) is 26.0. The predicted molar refractivity (Wildman–Crippen MR) is 116 cm³/mol. The van der Waals surface area contributed by atoms with E-state index in [-0.39, 0.29) is 24.3 Å². The van der Waals surface area contributed by atoms with Gasteiger partial charge in [-0.3, -0.25) is 14.5 Å². The van der Waals surface area contributed by atoms with Gasteiger partial charge in [0.15, 0.2) is 11.5 Å². The lowest BCUT2D eigenvalue weighted by molar-refractivity contribution is -0.130. The highest BCUT2D eigenvalue weighted by atomic mass is 16.2. The lowest BCUT2D eigenvalue weighted by Gasteiger charge is -2.27. The zero-order chi connectivity index (χ0) is 21.1. The first-order valence-electron chi connectivity index (χ1n) is 9.65. The highest BCUT2D eigenvalue weighted by Gasteiger charge is 2.50. The molecule has 150 valence electrons. The average molecular weight is 398 g/mol. The fourth-order valence-electron chi connectivity index (χ4n) is 3.77. The molecular weight excluding hydrogens is 376 g/mol. The standard InChI is InChI=1S/C24H22N4O2/c1-26-21(29)18-10-8-9-17(15-18)16-28-22(30)24(27-23(28)25,19-11-4-2-5-12-19)20-13-6-3-7-14-20/h2-15H,16H2,1H3,(H2,25,27)(H,26,29). The van der Waals surface area contributed by atoms with E-state index in [0.29, 0.717) is 5.56 Å². The molecule has 3 N–H and O–H groups in total. The van der Waals surface area contributed by atoms with Crippen LogP contribution in [0.5, 0.6) is 0 Å². The van der Waals surface area contributed by atoms with Gasteiger partial charge in [-0.25, -0.2) is 4.99 Å². The van der Waals surface area contributed by atoms with Crippen LogP contribution in [0.2, 0.25) is 0 Å². The Hall–Kier alpha value is -3.93. The molecule has 1 heterocycles. The number of carbonyl (C=O) groups is 2. The van der Waals surface area contributed by atoms with Crippen molar-refractivity contribution in [2.24, 2.45) is 10.7 Å². The smallest absolute Gasteiger partial charge is 0.266 e. The number of hydrogen-bond acceptors (Lipinski definition) is 4. The number of nitrogens with zero attached hydrogens (tertiary/aromatic N) is 2. The van der Waals surface area contributed by atoms with E-state index >= 15 is 0 Å². The molecule has 0 spiro atoms. The van der Waals surface area contributed by atoms with Gasteiger partial charge in [-0.1, -0.05) is 72.8 Å². The largest absolute Gasteiger partial charge is 0.369 e. The van der Waals surface area contributed by atoms with Crippen molar-refractivity contribution in [3.8, 4) is 0 Å². The van der Waals surface area contributed by atoms with Crippen molar-refractivity contribution >= 4 is 17.8 Å². The molecule has 1 aliphatic heterocycles. The maximum absolute atomic E-state index is 13.8. The Morgan fingerprint density at radius 3 is 2.13 bits per heavy atom. The molecule has 0 saturated carbocycles. The fourth-order valence-corrected chi connectivity index (χ4v) is 3.77. The maximum Gasteiger partial charge on any atom is 0.266 e. The Bertz CT molecular complexity index is 1070. The third-order valence-electron chi connectivity index (χ3n) is 5.25. The third kappa shape index (κ3) is 3.22. The fraction of sp³-hybridized carbons (Fsp3) is 0.125. The topological polar surface area (TPSA) is 87.8 Å². The Balaban J connectivity index is 1.75. The summed E-state index contributed by atoms with van der Waals surface area (Å²) in [5.74, 6) is -0.255. The van der Waals surface area contributed by atoms with Gasteiger partial charge in [-0.05, 0) is 28.8 Å². The van der Waals surface area contributed by atoms with Gasteiger partial charge in [0.05, 0.1) is 6.54 Å². The number of amides is 2. The van der Waals surface area contributed by atoms with E-state index in [4.69, 9.17) is 5.73 Å². The van der Waals surface area contributed by atoms with Crippen LogP contribution in [-0.4, -0.2) is 29.7 Å². The van der Waals surface area contributed by atoms with Gasteiger partial charge in [-0.2, -0.15) is 0 Å². The van der Waals surface area contributed by atoms with Crippen molar-refractivity contribution in [2.75, 3.05) is 7.05 Å². The summed E-state index contributed by atoms with van der Waals surface area (Å²) in [5, 5.41) is 2.61. The number of aliphatic imine (C=N–C) groups is 1. The van der Waals surface area contributed by atoms with Crippen LogP contribution < -0.4 is 11.1 Å². The first-order valence-corrected chi connectivity index (χ1v) is 9.65. The molecule has 2 amide bonds. The average Bonchev–Trinajstić information content (AvgIpc) is 3.05. The molecule has 0 unspecified atom stereocenters. The van der Waals surface area contributed by atoms with Gasteiger partial charge in [0, 0.05) is 12.6 Å². The monoisotopic (exact) mass is 398 g/mol. The van der Waals surface area contributed by atoms with E-state index in [2.05, 4.69) is 10.3 Å². The first-order chi connectivity index (χ1) is 14.6. The quantitative estimate of drug-likeness (QED) is 0.693. The van der Waals surface area contributed by atoms with Crippen LogP contribution >= 0.6 is 0 Å². The second-order valence-corrected chi connectivity index (χ2v) is 7.08. The number of nitrogens with two attached hydrogens (primary N) is 1. The number of hydrogen-bond donors (Lipinski definition) is 2. The van der Waals surface area contributed by atoms with Crippen LogP contribution in [-0.2, 0) is 16.9 Å². The number of rotatable bonds is 5. The van der Waals surface area contributed by atoms with Crippen LogP contribution in [0.4, 0.5) is 0 Å². The highest BCUT2D eigenvalue weighted by Crippen LogP contribution is 2.39. The van der Waals surface area contributed by atoms with Crippen molar-refractivity contribution in [1.82, 2.24) is 10.2 Å². The summed E-state index contributed by atoms with van der Waals surface area (Å²) in [4.78, 5) is 31.9. The van der Waals surface area contributed by atoms with Gasteiger partial charge < -0.3 is 11.1 Å². The number of carbonyl (C=O) groups excluding carboxylic acids is 2. The molecule has 0 atom stereocenters. The van der Waals surface area contributed by atoms with Gasteiger partial charge >= 0.3 is 0 Å². The normalized spacial score (nSPS) is 15.0. The van der Waals surface area contributed by atoms with Crippen molar-refractivity contribution < 1.29 is 9.59 Å². The SMILES string of the molecule is CNC(=O)c1cccc(CN2C(=O)C(c3ccccc3)(c3ccccc3)N=C2N)c1. The van der Waals surface area contributed by atoms with E-state index in [9.17, 15) is 9.59 Å². The molecule has 0 fully saturated rings. The van der Waals surface area contributed by atoms with Crippen LogP contribution in [0, 0.1) is 0 Å². The Kier molecular flexibility index (Phi) is 5.06. The zero-order valence-corrected chi connectivity index (χ0v) is 16.6. The Morgan fingerprint density at radius 1 is 0.967 bits per heavy atom. The molecule has 30 heavy (non-hydrogen) atoms. The second-order valence-electron chi connectivity index (χ2n) is 7.08. The molecule has 6 heteroatoms. The van der Waals surface area contributed by atoms with E-state index in [1.165, 1.54) is 4.90 Å². The molecule has 3 aromatic rings. The molecule has 0 aliphatic carbocycles. The minimum Gasteiger partial charge on any atom is -0.369 e. The number of nitrogens with one attached hydrogen (secondary N) is 1. The van der Waals surface area contributed by atoms with Crippen LogP contribution in [0.3, 0.4) is 0 Å². The predicted octanol–water partition coefficient (Wildman–Crippen LogP) is 2.65. The first kappa shape index (κ1) is 19.4. The summed E-state index contributed by atoms with van der Waals surface area (Å²) < 4.78 is 0. The molecule has 6 nitrogen and oxygen atoms in total. The molecule has 0 saturated heterocycles. The molecule has 3 aromatic carbocycles.